The molecule has 3 aromatic rings. The minimum absolute atomic E-state index is 0.0330. The van der Waals surface area contributed by atoms with Gasteiger partial charge in [-0.05, 0) is 61.4 Å². The number of likely N-dealkylation sites (tertiary alicyclic amines) is 1. The number of piperidine rings is 1. The highest BCUT2D eigenvalue weighted by molar-refractivity contribution is 7.93. The minimum Gasteiger partial charge on any atom is -0.497 e. The molecular weight excluding hydrogens is 622 g/mol. The molecule has 1 fully saturated rings. The molecule has 0 aromatic heterocycles. The Morgan fingerprint density at radius 3 is 2.33 bits per heavy atom. The Bertz CT molecular complexity index is 1780. The number of rotatable bonds is 9. The molecule has 1 saturated heterocycles. The number of anilines is 1. The first-order valence-corrected chi connectivity index (χ1v) is 16.0. The number of carbonyl (C=O) groups excluding carboxylic acids is 3. The van der Waals surface area contributed by atoms with Crippen molar-refractivity contribution in [2.45, 2.75) is 35.7 Å². The normalized spacial score (nSPS) is 20.0. The van der Waals surface area contributed by atoms with Crippen LogP contribution in [0.25, 0.3) is 0 Å². The molecular formula is C32H34ClN3O8S. The Morgan fingerprint density at radius 2 is 1.69 bits per heavy atom. The van der Waals surface area contributed by atoms with Crippen LogP contribution in [0, 0.1) is 0 Å². The van der Waals surface area contributed by atoms with E-state index >= 15 is 4.79 Å². The van der Waals surface area contributed by atoms with Crippen LogP contribution in [-0.2, 0) is 25.2 Å². The number of ether oxygens (including phenoxy) is 3. The van der Waals surface area contributed by atoms with E-state index < -0.39 is 27.5 Å². The number of sulfonamides is 1. The monoisotopic (exact) mass is 655 g/mol. The van der Waals surface area contributed by atoms with Crippen molar-refractivity contribution in [3.8, 4) is 17.2 Å². The van der Waals surface area contributed by atoms with Crippen LogP contribution in [0.5, 0.6) is 17.2 Å². The second kappa shape index (κ2) is 12.3. The molecule has 0 N–H and O–H groups in total. The van der Waals surface area contributed by atoms with Gasteiger partial charge in [-0.2, -0.15) is 0 Å². The summed E-state index contributed by atoms with van der Waals surface area (Å²) < 4.78 is 46.5. The third kappa shape index (κ3) is 5.10. The molecule has 11 nitrogen and oxygen atoms in total. The van der Waals surface area contributed by atoms with Crippen molar-refractivity contribution in [3.63, 3.8) is 0 Å². The van der Waals surface area contributed by atoms with Gasteiger partial charge in [0.15, 0.2) is 5.54 Å². The maximum Gasteiger partial charge on any atom is 0.274 e. The van der Waals surface area contributed by atoms with E-state index in [1.165, 1.54) is 74.8 Å². The fourth-order valence-electron chi connectivity index (χ4n) is 6.33. The summed E-state index contributed by atoms with van der Waals surface area (Å²) >= 11 is 6.57. The molecule has 2 aliphatic heterocycles. The van der Waals surface area contributed by atoms with E-state index in [1.807, 2.05) is 0 Å². The number of methoxy groups -OCH3 is 3. The largest absolute Gasteiger partial charge is 0.497 e. The van der Waals surface area contributed by atoms with E-state index in [-0.39, 0.29) is 56.2 Å². The lowest BCUT2D eigenvalue weighted by atomic mass is 9.78. The molecule has 5 rings (SSSR count). The molecule has 45 heavy (non-hydrogen) atoms. The van der Waals surface area contributed by atoms with Crippen molar-refractivity contribution >= 4 is 45.4 Å². The molecule has 238 valence electrons. The number of likely N-dealkylation sites (N-methyl/N-ethyl adjacent to an activating group) is 1. The first kappa shape index (κ1) is 32.3. The highest BCUT2D eigenvalue weighted by atomic mass is 35.5. The third-order valence-corrected chi connectivity index (χ3v) is 10.3. The minimum atomic E-state index is -4.66. The predicted octanol–water partition coefficient (Wildman–Crippen LogP) is 4.10. The van der Waals surface area contributed by atoms with Gasteiger partial charge in [0, 0.05) is 48.4 Å². The SMILES string of the molecule is COc1ccc(S(=O)(=O)N2C(=O)C(c3cc(C=O)ccc3OC)(N3CCCC[C@H]3C(=O)N(C)C)c3cc(Cl)ccc32)c(OC)c1. The van der Waals surface area contributed by atoms with E-state index in [0.717, 1.165) is 4.31 Å². The number of aldehydes is 1. The van der Waals surface area contributed by atoms with Crippen LogP contribution in [0.4, 0.5) is 5.69 Å². The van der Waals surface area contributed by atoms with E-state index in [2.05, 4.69) is 0 Å². The van der Waals surface area contributed by atoms with Gasteiger partial charge in [-0.3, -0.25) is 19.3 Å². The van der Waals surface area contributed by atoms with Gasteiger partial charge in [0.2, 0.25) is 5.91 Å². The summed E-state index contributed by atoms with van der Waals surface area (Å²) in [4.78, 5) is 44.1. The van der Waals surface area contributed by atoms with Gasteiger partial charge in [-0.1, -0.05) is 18.0 Å². The van der Waals surface area contributed by atoms with Crippen LogP contribution < -0.4 is 18.5 Å². The summed E-state index contributed by atoms with van der Waals surface area (Å²) in [5, 5.41) is 0.241. The van der Waals surface area contributed by atoms with Gasteiger partial charge in [-0.15, -0.1) is 0 Å². The van der Waals surface area contributed by atoms with Crippen molar-refractivity contribution < 1.29 is 37.0 Å². The van der Waals surface area contributed by atoms with Crippen molar-refractivity contribution in [3.05, 3.63) is 76.3 Å². The molecule has 0 bridgehead atoms. The van der Waals surface area contributed by atoms with Gasteiger partial charge < -0.3 is 19.1 Å². The zero-order valence-electron chi connectivity index (χ0n) is 25.6. The molecule has 0 radical (unpaired) electrons. The van der Waals surface area contributed by atoms with Crippen molar-refractivity contribution in [2.24, 2.45) is 0 Å². The molecule has 0 saturated carbocycles. The molecule has 0 spiro atoms. The van der Waals surface area contributed by atoms with Gasteiger partial charge in [-0.25, -0.2) is 12.7 Å². The lowest BCUT2D eigenvalue weighted by molar-refractivity contribution is -0.142. The zero-order chi connectivity index (χ0) is 32.7. The molecule has 3 aromatic carbocycles. The van der Waals surface area contributed by atoms with Crippen molar-refractivity contribution in [2.75, 3.05) is 46.3 Å². The molecule has 1 unspecified atom stereocenters. The maximum absolute atomic E-state index is 15.4. The number of fused-ring (bicyclic) bond motifs is 1. The number of hydrogen-bond acceptors (Lipinski definition) is 9. The van der Waals surface area contributed by atoms with Gasteiger partial charge in [0.05, 0.1) is 33.1 Å². The van der Waals surface area contributed by atoms with Crippen LogP contribution in [0.3, 0.4) is 0 Å². The van der Waals surface area contributed by atoms with E-state index in [0.29, 0.717) is 31.3 Å². The standard InChI is InChI=1S/C32H34ClN3O8S/c1-34(2)30(38)26-8-6-7-15-35(26)32(24-16-20(19-37)9-13-27(24)43-4)23-17-21(33)10-12-25(23)36(31(32)39)45(40,41)29-14-11-22(42-3)18-28(29)44-5/h9-14,16-19,26H,6-8,15H2,1-5H3/t26-,32?/m0/s1. The summed E-state index contributed by atoms with van der Waals surface area (Å²) in [6.45, 7) is 0.260. The Hall–Kier alpha value is -4.13. The van der Waals surface area contributed by atoms with Gasteiger partial charge in [0.25, 0.3) is 15.9 Å². The van der Waals surface area contributed by atoms with E-state index in [1.54, 1.807) is 25.1 Å². The first-order valence-electron chi connectivity index (χ1n) is 14.2. The predicted molar refractivity (Wildman–Crippen MR) is 168 cm³/mol. The highest BCUT2D eigenvalue weighted by Gasteiger charge is 2.62. The Kier molecular flexibility index (Phi) is 8.85. The summed E-state index contributed by atoms with van der Waals surface area (Å²) in [6, 6.07) is 12.5. The summed E-state index contributed by atoms with van der Waals surface area (Å²) in [6.07, 6.45) is 2.38. The summed E-state index contributed by atoms with van der Waals surface area (Å²) in [5.41, 5.74) is -1.22. The van der Waals surface area contributed by atoms with Crippen LogP contribution >= 0.6 is 11.6 Å². The van der Waals surface area contributed by atoms with Gasteiger partial charge >= 0.3 is 0 Å². The van der Waals surface area contributed by atoms with Gasteiger partial charge in [0.1, 0.15) is 28.4 Å². The Morgan fingerprint density at radius 1 is 0.956 bits per heavy atom. The first-order chi connectivity index (χ1) is 21.5. The molecule has 2 atom stereocenters. The fourth-order valence-corrected chi connectivity index (χ4v) is 8.11. The molecule has 0 aliphatic carbocycles. The lowest BCUT2D eigenvalue weighted by Crippen LogP contribution is -2.62. The number of carbonyl (C=O) groups is 3. The number of benzene rings is 3. The number of nitrogens with zero attached hydrogens (tertiary/aromatic N) is 3. The second-order valence-corrected chi connectivity index (χ2v) is 13.2. The lowest BCUT2D eigenvalue weighted by Gasteiger charge is -2.47. The summed E-state index contributed by atoms with van der Waals surface area (Å²) in [7, 11) is 2.77. The van der Waals surface area contributed by atoms with Crippen LogP contribution in [0.1, 0.15) is 40.7 Å². The topological polar surface area (TPSA) is 123 Å². The van der Waals surface area contributed by atoms with Crippen LogP contribution in [0.15, 0.2) is 59.5 Å². The average Bonchev–Trinajstić information content (AvgIpc) is 3.31. The number of hydrogen-bond donors (Lipinski definition) is 0. The maximum atomic E-state index is 15.4. The fraction of sp³-hybridized carbons (Fsp3) is 0.344. The second-order valence-electron chi connectivity index (χ2n) is 11.0. The Labute approximate surface area is 267 Å². The van der Waals surface area contributed by atoms with E-state index in [9.17, 15) is 18.0 Å². The third-order valence-electron chi connectivity index (χ3n) is 8.36. The highest BCUT2D eigenvalue weighted by Crippen LogP contribution is 2.55. The van der Waals surface area contributed by atoms with Crippen molar-refractivity contribution in [1.82, 2.24) is 9.80 Å². The average molecular weight is 656 g/mol. The van der Waals surface area contributed by atoms with Crippen molar-refractivity contribution in [1.29, 1.82) is 0 Å². The van der Waals surface area contributed by atoms with E-state index in [4.69, 9.17) is 25.8 Å². The summed E-state index contributed by atoms with van der Waals surface area (Å²) in [5.74, 6) is -0.586. The molecule has 2 aliphatic rings. The zero-order valence-corrected chi connectivity index (χ0v) is 27.1. The number of amides is 2. The molecule has 2 heterocycles. The Balaban J connectivity index is 1.90. The van der Waals surface area contributed by atoms with Crippen LogP contribution in [0.2, 0.25) is 5.02 Å². The quantitative estimate of drug-likeness (QED) is 0.314. The van der Waals surface area contributed by atoms with Crippen LogP contribution in [-0.4, -0.2) is 84.3 Å². The number of halogens is 1. The molecule has 13 heteroatoms. The molecule has 2 amide bonds. The smallest absolute Gasteiger partial charge is 0.274 e.